The van der Waals surface area contributed by atoms with E-state index in [1.54, 1.807) is 11.3 Å². The fourth-order valence-corrected chi connectivity index (χ4v) is 4.80. The minimum atomic E-state index is -0.0896. The maximum atomic E-state index is 11.3. The number of thiocarbonyl (C=S) groups is 1. The van der Waals surface area contributed by atoms with Gasteiger partial charge in [-0.05, 0) is 67.7 Å². The molecule has 2 aromatic heterocycles. The van der Waals surface area contributed by atoms with Gasteiger partial charge >= 0.3 is 0 Å². The Morgan fingerprint density at radius 3 is 2.57 bits per heavy atom. The van der Waals surface area contributed by atoms with Crippen molar-refractivity contribution >= 4 is 45.9 Å². The van der Waals surface area contributed by atoms with Gasteiger partial charge in [-0.2, -0.15) is 0 Å². The average molecular weight is 409 g/mol. The maximum Gasteiger partial charge on any atom is 0.221 e. The summed E-state index contributed by atoms with van der Waals surface area (Å²) < 4.78 is 0. The van der Waals surface area contributed by atoms with Gasteiger partial charge in [0.2, 0.25) is 5.91 Å². The lowest BCUT2D eigenvalue weighted by Crippen LogP contribution is -2.29. The number of aromatic nitrogens is 1. The molecule has 0 unspecified atom stereocenters. The van der Waals surface area contributed by atoms with Gasteiger partial charge < -0.3 is 15.5 Å². The Labute approximate surface area is 173 Å². The Morgan fingerprint density at radius 2 is 1.96 bits per heavy atom. The molecule has 2 N–H and O–H groups in total. The zero-order valence-corrected chi connectivity index (χ0v) is 17.2. The minimum Gasteiger partial charge on any atom is -0.351 e. The molecule has 0 aliphatic carbocycles. The number of thiophene rings is 1. The van der Waals surface area contributed by atoms with Crippen LogP contribution in [0.1, 0.15) is 34.5 Å². The van der Waals surface area contributed by atoms with Crippen LogP contribution in [-0.4, -0.2) is 16.0 Å². The van der Waals surface area contributed by atoms with Crippen LogP contribution >= 0.6 is 23.6 Å². The van der Waals surface area contributed by atoms with Gasteiger partial charge in [0, 0.05) is 34.2 Å². The van der Waals surface area contributed by atoms with Crippen LogP contribution in [0.25, 0.3) is 0 Å². The normalized spacial score (nSPS) is 18.8. The van der Waals surface area contributed by atoms with Crippen molar-refractivity contribution in [1.29, 1.82) is 0 Å². The van der Waals surface area contributed by atoms with Gasteiger partial charge in [-0.25, -0.2) is 0 Å². The molecule has 0 radical (unpaired) electrons. The highest BCUT2D eigenvalue weighted by Crippen LogP contribution is 2.43. The Balaban J connectivity index is 1.74. The first kappa shape index (κ1) is 18.6. The summed E-state index contributed by atoms with van der Waals surface area (Å²) in [5.74, 6) is -0.0896. The van der Waals surface area contributed by atoms with Crippen LogP contribution in [0.5, 0.6) is 0 Å². The van der Waals surface area contributed by atoms with Crippen molar-refractivity contribution in [2.45, 2.75) is 25.9 Å². The average Bonchev–Trinajstić information content (AvgIpc) is 3.26. The lowest BCUT2D eigenvalue weighted by atomic mass is 10.0. The number of carbonyl (C=O) groups excluding carboxylic acids is 1. The van der Waals surface area contributed by atoms with E-state index in [-0.39, 0.29) is 18.0 Å². The molecular formula is C21H20N4OS2. The number of hydrogen-bond acceptors (Lipinski definition) is 4. The molecule has 1 saturated heterocycles. The molecule has 3 aromatic rings. The van der Waals surface area contributed by atoms with Gasteiger partial charge in [0.1, 0.15) is 0 Å². The molecule has 28 heavy (non-hydrogen) atoms. The number of anilines is 2. The largest absolute Gasteiger partial charge is 0.351 e. The van der Waals surface area contributed by atoms with Crippen molar-refractivity contribution in [3.63, 3.8) is 0 Å². The summed E-state index contributed by atoms with van der Waals surface area (Å²) in [6, 6.07) is 17.9. The highest BCUT2D eigenvalue weighted by Gasteiger charge is 2.41. The summed E-state index contributed by atoms with van der Waals surface area (Å²) in [5, 5.41) is 6.92. The first-order chi connectivity index (χ1) is 13.5. The van der Waals surface area contributed by atoms with Crippen LogP contribution in [-0.2, 0) is 4.79 Å². The number of hydrogen-bond donors (Lipinski definition) is 2. The molecule has 7 heteroatoms. The molecule has 1 amide bonds. The summed E-state index contributed by atoms with van der Waals surface area (Å²) in [4.78, 5) is 20.5. The number of amides is 1. The Kier molecular flexibility index (Phi) is 5.11. The zero-order chi connectivity index (χ0) is 19.7. The van der Waals surface area contributed by atoms with Crippen molar-refractivity contribution in [1.82, 2.24) is 10.3 Å². The van der Waals surface area contributed by atoms with E-state index in [0.717, 1.165) is 17.1 Å². The van der Waals surface area contributed by atoms with E-state index in [9.17, 15) is 4.79 Å². The van der Waals surface area contributed by atoms with Crippen LogP contribution in [0.3, 0.4) is 0 Å². The summed E-state index contributed by atoms with van der Waals surface area (Å²) in [5.41, 5.74) is 2.69. The van der Waals surface area contributed by atoms with Crippen molar-refractivity contribution < 1.29 is 4.79 Å². The molecule has 1 aromatic carbocycles. The Hall–Kier alpha value is -2.77. The molecular weight excluding hydrogens is 388 g/mol. The topological polar surface area (TPSA) is 57.3 Å². The maximum absolute atomic E-state index is 11.3. The number of pyridine rings is 1. The molecule has 0 spiro atoms. The molecule has 1 fully saturated rings. The fraction of sp³-hybridized carbons (Fsp3) is 0.190. The fourth-order valence-electron chi connectivity index (χ4n) is 3.44. The van der Waals surface area contributed by atoms with E-state index >= 15 is 0 Å². The molecule has 1 aliphatic rings. The third-order valence-corrected chi connectivity index (χ3v) is 6.00. The molecule has 5 nitrogen and oxygen atoms in total. The van der Waals surface area contributed by atoms with Crippen molar-refractivity contribution in [3.05, 3.63) is 76.2 Å². The van der Waals surface area contributed by atoms with Crippen molar-refractivity contribution in [2.75, 3.05) is 10.2 Å². The van der Waals surface area contributed by atoms with E-state index in [1.165, 1.54) is 16.7 Å². The van der Waals surface area contributed by atoms with Crippen LogP contribution in [0.15, 0.2) is 60.8 Å². The standard InChI is InChI=1S/C21H20N4OS2/c1-13-6-11-18(28-13)20-19(17-5-3-4-12-22-17)24-21(27)25(20)16-9-7-15(8-10-16)23-14(2)26/h3-12,19-20H,1-2H3,(H,23,26)(H,24,27)/t19-,20+/m0/s1. The smallest absolute Gasteiger partial charge is 0.221 e. The zero-order valence-electron chi connectivity index (χ0n) is 15.5. The number of benzene rings is 1. The van der Waals surface area contributed by atoms with Crippen LogP contribution in [0.4, 0.5) is 11.4 Å². The van der Waals surface area contributed by atoms with E-state index in [2.05, 4.69) is 39.6 Å². The number of rotatable bonds is 4. The second kappa shape index (κ2) is 7.69. The van der Waals surface area contributed by atoms with E-state index < -0.39 is 0 Å². The Bertz CT molecular complexity index is 1000. The van der Waals surface area contributed by atoms with Crippen molar-refractivity contribution in [3.8, 4) is 0 Å². The van der Waals surface area contributed by atoms with Gasteiger partial charge in [0.25, 0.3) is 0 Å². The van der Waals surface area contributed by atoms with Crippen LogP contribution in [0, 0.1) is 6.92 Å². The molecule has 1 aliphatic heterocycles. The van der Waals surface area contributed by atoms with E-state index in [4.69, 9.17) is 12.2 Å². The predicted molar refractivity (Wildman–Crippen MR) is 118 cm³/mol. The monoisotopic (exact) mass is 408 g/mol. The van der Waals surface area contributed by atoms with Gasteiger partial charge in [-0.1, -0.05) is 6.07 Å². The molecule has 4 rings (SSSR count). The molecule has 3 heterocycles. The second-order valence-corrected chi connectivity index (χ2v) is 8.38. The number of aryl methyl sites for hydroxylation is 1. The lowest BCUT2D eigenvalue weighted by molar-refractivity contribution is -0.114. The second-order valence-electron chi connectivity index (χ2n) is 6.67. The third kappa shape index (κ3) is 3.63. The highest BCUT2D eigenvalue weighted by atomic mass is 32.1. The number of nitrogens with one attached hydrogen (secondary N) is 2. The first-order valence-electron chi connectivity index (χ1n) is 8.97. The summed E-state index contributed by atoms with van der Waals surface area (Å²) in [6.07, 6.45) is 1.81. The van der Waals surface area contributed by atoms with Gasteiger partial charge in [0.05, 0.1) is 17.8 Å². The molecule has 0 saturated carbocycles. The predicted octanol–water partition coefficient (Wildman–Crippen LogP) is 4.59. The van der Waals surface area contributed by atoms with Gasteiger partial charge in [-0.15, -0.1) is 11.3 Å². The molecule has 142 valence electrons. The SMILES string of the molecule is CC(=O)Nc1ccc(N2C(=S)N[C@@H](c3ccccn3)[C@H]2c2ccc(C)s2)cc1. The van der Waals surface area contributed by atoms with Crippen LogP contribution in [0.2, 0.25) is 0 Å². The third-order valence-electron chi connectivity index (χ3n) is 4.62. The summed E-state index contributed by atoms with van der Waals surface area (Å²) >= 11 is 7.48. The minimum absolute atomic E-state index is 0.00714. The number of carbonyl (C=O) groups is 1. The van der Waals surface area contributed by atoms with Crippen LogP contribution < -0.4 is 15.5 Å². The Morgan fingerprint density at radius 1 is 1.18 bits per heavy atom. The van der Waals surface area contributed by atoms with Gasteiger partial charge in [0.15, 0.2) is 5.11 Å². The summed E-state index contributed by atoms with van der Waals surface area (Å²) in [6.45, 7) is 3.61. The quantitative estimate of drug-likeness (QED) is 0.619. The lowest BCUT2D eigenvalue weighted by Gasteiger charge is -2.27. The molecule has 0 bridgehead atoms. The van der Waals surface area contributed by atoms with E-state index in [0.29, 0.717) is 5.11 Å². The highest BCUT2D eigenvalue weighted by molar-refractivity contribution is 7.80. The van der Waals surface area contributed by atoms with Gasteiger partial charge in [-0.3, -0.25) is 9.78 Å². The number of nitrogens with zero attached hydrogens (tertiary/aromatic N) is 2. The van der Waals surface area contributed by atoms with E-state index in [1.807, 2.05) is 48.7 Å². The first-order valence-corrected chi connectivity index (χ1v) is 10.2. The summed E-state index contributed by atoms with van der Waals surface area (Å²) in [7, 11) is 0. The molecule has 2 atom stereocenters. The van der Waals surface area contributed by atoms with Crippen molar-refractivity contribution in [2.24, 2.45) is 0 Å².